The lowest BCUT2D eigenvalue weighted by molar-refractivity contribution is 0.409. The summed E-state index contributed by atoms with van der Waals surface area (Å²) in [6, 6.07) is 5.98. The topological polar surface area (TPSA) is 46.6 Å². The minimum Gasteiger partial charge on any atom is -0.496 e. The van der Waals surface area contributed by atoms with E-state index >= 15 is 0 Å². The van der Waals surface area contributed by atoms with Gasteiger partial charge in [-0.2, -0.15) is 0 Å². The van der Waals surface area contributed by atoms with Gasteiger partial charge in [0.25, 0.3) is 0 Å². The molecule has 21 heavy (non-hydrogen) atoms. The molecule has 1 aromatic carbocycles. The fourth-order valence-corrected chi connectivity index (χ4v) is 2.85. The number of anilines is 1. The lowest BCUT2D eigenvalue weighted by Gasteiger charge is -2.29. The zero-order chi connectivity index (χ0) is 14.8. The molecule has 5 nitrogen and oxygen atoms in total. The number of nitrogens with zero attached hydrogens (tertiary/aromatic N) is 2. The summed E-state index contributed by atoms with van der Waals surface area (Å²) in [5, 5.41) is 4.39. The molecule has 0 radical (unpaired) electrons. The van der Waals surface area contributed by atoms with Crippen molar-refractivity contribution in [3.63, 3.8) is 0 Å². The lowest BCUT2D eigenvalue weighted by atomic mass is 10.1. The molecule has 0 bridgehead atoms. The second kappa shape index (κ2) is 5.77. The Morgan fingerprint density at radius 3 is 2.43 bits per heavy atom. The lowest BCUT2D eigenvalue weighted by Crippen LogP contribution is -2.43. The van der Waals surface area contributed by atoms with Gasteiger partial charge < -0.3 is 19.7 Å². The minimum atomic E-state index is 0.783. The SMILES string of the molecule is COc1ccc(OC)c2c(C)cc(N3CCNCC3)nc12. The van der Waals surface area contributed by atoms with Gasteiger partial charge in [-0.3, -0.25) is 0 Å². The Kier molecular flexibility index (Phi) is 3.84. The number of rotatable bonds is 3. The summed E-state index contributed by atoms with van der Waals surface area (Å²) in [5.41, 5.74) is 2.02. The van der Waals surface area contributed by atoms with E-state index in [1.54, 1.807) is 14.2 Å². The number of benzene rings is 1. The number of pyridine rings is 1. The standard InChI is InChI=1S/C16H21N3O2/c1-11-10-14(19-8-6-17-7-9-19)18-16-13(21-3)5-4-12(20-2)15(11)16/h4-5,10,17H,6-9H2,1-3H3. The van der Waals surface area contributed by atoms with Crippen molar-refractivity contribution in [2.24, 2.45) is 0 Å². The van der Waals surface area contributed by atoms with Crippen molar-refractivity contribution in [1.29, 1.82) is 0 Å². The molecule has 5 heteroatoms. The Bertz CT molecular complexity index is 652. The van der Waals surface area contributed by atoms with Crippen molar-refractivity contribution < 1.29 is 9.47 Å². The van der Waals surface area contributed by atoms with Crippen LogP contribution in [0.3, 0.4) is 0 Å². The third kappa shape index (κ3) is 2.49. The molecule has 0 atom stereocenters. The van der Waals surface area contributed by atoms with E-state index in [1.807, 2.05) is 12.1 Å². The third-order valence-electron chi connectivity index (χ3n) is 3.95. The minimum absolute atomic E-state index is 0.783. The molecule has 2 heterocycles. The predicted octanol–water partition coefficient (Wildman–Crippen LogP) is 1.97. The van der Waals surface area contributed by atoms with Crippen LogP contribution in [0.5, 0.6) is 11.5 Å². The van der Waals surface area contributed by atoms with Crippen LogP contribution in [-0.2, 0) is 0 Å². The Labute approximate surface area is 124 Å². The van der Waals surface area contributed by atoms with Crippen LogP contribution in [0.1, 0.15) is 5.56 Å². The van der Waals surface area contributed by atoms with Crippen molar-refractivity contribution in [3.05, 3.63) is 23.8 Å². The fraction of sp³-hybridized carbons (Fsp3) is 0.438. The molecule has 1 N–H and O–H groups in total. The molecule has 1 fully saturated rings. The molecular formula is C16H21N3O2. The molecule has 0 unspecified atom stereocenters. The van der Waals surface area contributed by atoms with Crippen molar-refractivity contribution >= 4 is 16.7 Å². The van der Waals surface area contributed by atoms with E-state index in [0.717, 1.165) is 60.0 Å². The van der Waals surface area contributed by atoms with Gasteiger partial charge in [0.15, 0.2) is 0 Å². The van der Waals surface area contributed by atoms with Crippen LogP contribution in [-0.4, -0.2) is 45.4 Å². The second-order valence-electron chi connectivity index (χ2n) is 5.23. The Balaban J connectivity index is 2.17. The highest BCUT2D eigenvalue weighted by molar-refractivity contribution is 5.94. The molecule has 0 aliphatic carbocycles. The first-order chi connectivity index (χ1) is 10.2. The van der Waals surface area contributed by atoms with Gasteiger partial charge in [-0.15, -0.1) is 0 Å². The van der Waals surface area contributed by atoms with E-state index in [9.17, 15) is 0 Å². The Hall–Kier alpha value is -2.01. The summed E-state index contributed by atoms with van der Waals surface area (Å²) in [6.07, 6.45) is 0. The summed E-state index contributed by atoms with van der Waals surface area (Å²) < 4.78 is 10.9. The van der Waals surface area contributed by atoms with Gasteiger partial charge in [0, 0.05) is 31.6 Å². The van der Waals surface area contributed by atoms with Crippen LogP contribution in [0.4, 0.5) is 5.82 Å². The van der Waals surface area contributed by atoms with E-state index in [-0.39, 0.29) is 0 Å². The van der Waals surface area contributed by atoms with Crippen LogP contribution in [0.25, 0.3) is 10.9 Å². The quantitative estimate of drug-likeness (QED) is 0.935. The van der Waals surface area contributed by atoms with Crippen molar-refractivity contribution in [2.75, 3.05) is 45.3 Å². The highest BCUT2D eigenvalue weighted by Crippen LogP contribution is 2.35. The molecular weight excluding hydrogens is 266 g/mol. The van der Waals surface area contributed by atoms with E-state index in [4.69, 9.17) is 14.5 Å². The van der Waals surface area contributed by atoms with Crippen molar-refractivity contribution in [3.8, 4) is 11.5 Å². The average molecular weight is 287 g/mol. The number of methoxy groups -OCH3 is 2. The smallest absolute Gasteiger partial charge is 0.145 e. The summed E-state index contributed by atoms with van der Waals surface area (Å²) in [5.74, 6) is 2.63. The van der Waals surface area contributed by atoms with Gasteiger partial charge in [-0.05, 0) is 30.7 Å². The summed E-state index contributed by atoms with van der Waals surface area (Å²) >= 11 is 0. The number of aryl methyl sites for hydroxylation is 1. The number of nitrogens with one attached hydrogen (secondary N) is 1. The molecule has 0 spiro atoms. The van der Waals surface area contributed by atoms with Crippen LogP contribution in [0.15, 0.2) is 18.2 Å². The predicted molar refractivity (Wildman–Crippen MR) is 84.7 cm³/mol. The number of ether oxygens (including phenoxy) is 2. The van der Waals surface area contributed by atoms with Crippen LogP contribution in [0, 0.1) is 6.92 Å². The van der Waals surface area contributed by atoms with E-state index in [2.05, 4.69) is 23.2 Å². The van der Waals surface area contributed by atoms with E-state index < -0.39 is 0 Å². The van der Waals surface area contributed by atoms with Gasteiger partial charge in [0.05, 0.1) is 14.2 Å². The van der Waals surface area contributed by atoms with Gasteiger partial charge in [0.1, 0.15) is 22.8 Å². The van der Waals surface area contributed by atoms with Gasteiger partial charge in [0.2, 0.25) is 0 Å². The molecule has 1 aliphatic rings. The fourth-order valence-electron chi connectivity index (χ4n) is 2.85. The molecule has 0 saturated carbocycles. The van der Waals surface area contributed by atoms with Crippen LogP contribution >= 0.6 is 0 Å². The molecule has 112 valence electrons. The number of hydrogen-bond donors (Lipinski definition) is 1. The van der Waals surface area contributed by atoms with Crippen LogP contribution in [0.2, 0.25) is 0 Å². The molecule has 0 amide bonds. The van der Waals surface area contributed by atoms with Gasteiger partial charge in [-0.1, -0.05) is 0 Å². The largest absolute Gasteiger partial charge is 0.496 e. The Morgan fingerprint density at radius 1 is 1.10 bits per heavy atom. The first-order valence-corrected chi connectivity index (χ1v) is 7.22. The maximum Gasteiger partial charge on any atom is 0.145 e. The van der Waals surface area contributed by atoms with E-state index in [1.165, 1.54) is 0 Å². The molecule has 1 aliphatic heterocycles. The third-order valence-corrected chi connectivity index (χ3v) is 3.95. The Morgan fingerprint density at radius 2 is 1.76 bits per heavy atom. The first-order valence-electron chi connectivity index (χ1n) is 7.22. The summed E-state index contributed by atoms with van der Waals surface area (Å²) in [4.78, 5) is 7.14. The van der Waals surface area contributed by atoms with Crippen molar-refractivity contribution in [1.82, 2.24) is 10.3 Å². The monoisotopic (exact) mass is 287 g/mol. The number of aromatic nitrogens is 1. The zero-order valence-electron chi connectivity index (χ0n) is 12.8. The number of fused-ring (bicyclic) bond motifs is 1. The summed E-state index contributed by atoms with van der Waals surface area (Å²) in [6.45, 7) is 6.04. The van der Waals surface area contributed by atoms with Crippen molar-refractivity contribution in [2.45, 2.75) is 6.92 Å². The van der Waals surface area contributed by atoms with Crippen LogP contribution < -0.4 is 19.7 Å². The number of piperazine rings is 1. The maximum absolute atomic E-state index is 5.48. The average Bonchev–Trinajstić information content (AvgIpc) is 2.54. The zero-order valence-corrected chi connectivity index (χ0v) is 12.8. The normalized spacial score (nSPS) is 15.3. The van der Waals surface area contributed by atoms with Gasteiger partial charge in [-0.25, -0.2) is 4.98 Å². The molecule has 2 aromatic rings. The maximum atomic E-state index is 5.48. The number of hydrogen-bond acceptors (Lipinski definition) is 5. The first kappa shape index (κ1) is 13.9. The molecule has 1 aromatic heterocycles. The highest BCUT2D eigenvalue weighted by atomic mass is 16.5. The molecule has 1 saturated heterocycles. The van der Waals surface area contributed by atoms with E-state index in [0.29, 0.717) is 0 Å². The summed E-state index contributed by atoms with van der Waals surface area (Å²) in [7, 11) is 3.36. The van der Waals surface area contributed by atoms with Gasteiger partial charge >= 0.3 is 0 Å². The second-order valence-corrected chi connectivity index (χ2v) is 5.23. The molecule has 3 rings (SSSR count). The highest BCUT2D eigenvalue weighted by Gasteiger charge is 2.17.